The van der Waals surface area contributed by atoms with Crippen molar-refractivity contribution in [2.24, 2.45) is 5.92 Å². The normalized spacial score (nSPS) is 17.7. The number of carbonyl (C=O) groups is 1. The summed E-state index contributed by atoms with van der Waals surface area (Å²) in [5.74, 6) is 0.459. The summed E-state index contributed by atoms with van der Waals surface area (Å²) in [4.78, 5) is 20.5. The Labute approximate surface area is 118 Å². The molecule has 1 aromatic rings. The Hall–Kier alpha value is -1.30. The zero-order valence-electron chi connectivity index (χ0n) is 11.8. The van der Waals surface area contributed by atoms with Crippen LogP contribution in [0.3, 0.4) is 0 Å². The number of nitrogens with zero attached hydrogens (tertiary/aromatic N) is 3. The zero-order chi connectivity index (χ0) is 13.8. The monoisotopic (exact) mass is 282 g/mol. The molecule has 5 nitrogen and oxygen atoms in total. The molecule has 1 fully saturated rings. The van der Waals surface area contributed by atoms with Gasteiger partial charge in [0.1, 0.15) is 0 Å². The van der Waals surface area contributed by atoms with Crippen LogP contribution in [0.4, 0.5) is 9.93 Å². The van der Waals surface area contributed by atoms with Crippen LogP contribution in [0.5, 0.6) is 0 Å². The Balaban J connectivity index is 1.81. The molecule has 1 atom stereocenters. The van der Waals surface area contributed by atoms with Crippen LogP contribution < -0.4 is 10.2 Å². The van der Waals surface area contributed by atoms with Gasteiger partial charge in [0.05, 0.1) is 0 Å². The molecule has 2 rings (SSSR count). The summed E-state index contributed by atoms with van der Waals surface area (Å²) in [7, 11) is 0. The standard InChI is InChI=1S/C13H22N4OS/c1-10(2)11(3)15-12(18)16-5-7-17(8-6-16)13-14-4-9-19-13/h4,9-11H,5-8H2,1-3H3,(H,15,18). The summed E-state index contributed by atoms with van der Waals surface area (Å²) in [5.41, 5.74) is 0. The van der Waals surface area contributed by atoms with E-state index in [-0.39, 0.29) is 12.1 Å². The molecule has 6 heteroatoms. The topological polar surface area (TPSA) is 48.5 Å². The molecule has 1 saturated heterocycles. The van der Waals surface area contributed by atoms with Crippen LogP contribution in [0.2, 0.25) is 0 Å². The average Bonchev–Trinajstić information content (AvgIpc) is 2.92. The fraction of sp³-hybridized carbons (Fsp3) is 0.692. The van der Waals surface area contributed by atoms with Gasteiger partial charge in [-0.25, -0.2) is 9.78 Å². The Bertz CT molecular complexity index is 399. The zero-order valence-corrected chi connectivity index (χ0v) is 12.6. The van der Waals surface area contributed by atoms with E-state index in [1.807, 2.05) is 23.4 Å². The second-order valence-electron chi connectivity index (χ2n) is 5.27. The first kappa shape index (κ1) is 14.1. The van der Waals surface area contributed by atoms with Crippen molar-refractivity contribution in [1.29, 1.82) is 0 Å². The van der Waals surface area contributed by atoms with Gasteiger partial charge < -0.3 is 15.1 Å². The van der Waals surface area contributed by atoms with E-state index in [2.05, 4.69) is 29.0 Å². The van der Waals surface area contributed by atoms with Crippen molar-refractivity contribution in [2.75, 3.05) is 31.1 Å². The molecule has 0 bridgehead atoms. The number of anilines is 1. The highest BCUT2D eigenvalue weighted by Gasteiger charge is 2.23. The highest BCUT2D eigenvalue weighted by Crippen LogP contribution is 2.18. The second kappa shape index (κ2) is 6.23. The lowest BCUT2D eigenvalue weighted by molar-refractivity contribution is 0.188. The highest BCUT2D eigenvalue weighted by atomic mass is 32.1. The van der Waals surface area contributed by atoms with Crippen molar-refractivity contribution in [3.05, 3.63) is 11.6 Å². The Kier molecular flexibility index (Phi) is 4.63. The number of thiazole rings is 1. The first-order valence-corrected chi connectivity index (χ1v) is 7.65. The SMILES string of the molecule is CC(C)C(C)NC(=O)N1CCN(c2nccs2)CC1. The van der Waals surface area contributed by atoms with Crippen LogP contribution in [0.25, 0.3) is 0 Å². The molecule has 1 N–H and O–H groups in total. The van der Waals surface area contributed by atoms with Crippen molar-refractivity contribution in [1.82, 2.24) is 15.2 Å². The van der Waals surface area contributed by atoms with Gasteiger partial charge in [0.2, 0.25) is 0 Å². The van der Waals surface area contributed by atoms with Crippen molar-refractivity contribution in [3.8, 4) is 0 Å². The number of aromatic nitrogens is 1. The third kappa shape index (κ3) is 3.59. The average molecular weight is 282 g/mol. The van der Waals surface area contributed by atoms with Crippen molar-refractivity contribution >= 4 is 22.5 Å². The molecule has 1 aliphatic heterocycles. The number of carbonyl (C=O) groups excluding carboxylic acids is 1. The maximum atomic E-state index is 12.1. The van der Waals surface area contributed by atoms with E-state index >= 15 is 0 Å². The molecule has 0 saturated carbocycles. The maximum Gasteiger partial charge on any atom is 0.317 e. The molecular weight excluding hydrogens is 260 g/mol. The maximum absolute atomic E-state index is 12.1. The minimum absolute atomic E-state index is 0.0555. The van der Waals surface area contributed by atoms with Crippen LogP contribution in [0, 0.1) is 5.92 Å². The minimum atomic E-state index is 0.0555. The first-order valence-electron chi connectivity index (χ1n) is 6.78. The number of piperazine rings is 1. The van der Waals surface area contributed by atoms with Gasteiger partial charge >= 0.3 is 6.03 Å². The molecule has 106 valence electrons. The fourth-order valence-corrected chi connectivity index (χ4v) is 2.62. The summed E-state index contributed by atoms with van der Waals surface area (Å²) in [6, 6.07) is 0.268. The van der Waals surface area contributed by atoms with E-state index in [0.29, 0.717) is 5.92 Å². The Morgan fingerprint density at radius 1 is 1.32 bits per heavy atom. The third-order valence-electron chi connectivity index (χ3n) is 3.61. The van der Waals surface area contributed by atoms with Gasteiger partial charge in [-0.2, -0.15) is 0 Å². The van der Waals surface area contributed by atoms with Gasteiger partial charge in [0.25, 0.3) is 0 Å². The predicted molar refractivity (Wildman–Crippen MR) is 78.7 cm³/mol. The summed E-state index contributed by atoms with van der Waals surface area (Å²) in [5, 5.41) is 6.09. The molecular formula is C13H22N4OS. The van der Waals surface area contributed by atoms with Gasteiger partial charge in [-0.15, -0.1) is 11.3 Å². The highest BCUT2D eigenvalue weighted by molar-refractivity contribution is 7.13. The lowest BCUT2D eigenvalue weighted by atomic mass is 10.1. The molecule has 19 heavy (non-hydrogen) atoms. The molecule has 2 amide bonds. The van der Waals surface area contributed by atoms with Gasteiger partial charge in [-0.05, 0) is 12.8 Å². The lowest BCUT2D eigenvalue weighted by Crippen LogP contribution is -2.53. The van der Waals surface area contributed by atoms with Gasteiger partial charge in [0.15, 0.2) is 5.13 Å². The number of hydrogen-bond donors (Lipinski definition) is 1. The van der Waals surface area contributed by atoms with Crippen LogP contribution >= 0.6 is 11.3 Å². The van der Waals surface area contributed by atoms with Crippen LogP contribution in [-0.4, -0.2) is 48.1 Å². The quantitative estimate of drug-likeness (QED) is 0.922. The summed E-state index contributed by atoms with van der Waals surface area (Å²) in [6.45, 7) is 9.52. The Morgan fingerprint density at radius 3 is 2.53 bits per heavy atom. The smallest absolute Gasteiger partial charge is 0.317 e. The van der Waals surface area contributed by atoms with Gasteiger partial charge in [-0.3, -0.25) is 0 Å². The molecule has 2 heterocycles. The van der Waals surface area contributed by atoms with E-state index in [1.54, 1.807) is 11.3 Å². The number of rotatable bonds is 3. The number of urea groups is 1. The number of hydrogen-bond acceptors (Lipinski definition) is 4. The fourth-order valence-electron chi connectivity index (χ4n) is 1.93. The molecule has 0 spiro atoms. The van der Waals surface area contributed by atoms with E-state index in [0.717, 1.165) is 31.3 Å². The van der Waals surface area contributed by atoms with Crippen LogP contribution in [0.1, 0.15) is 20.8 Å². The molecule has 1 aliphatic rings. The largest absolute Gasteiger partial charge is 0.345 e. The first-order chi connectivity index (χ1) is 9.08. The van der Waals surface area contributed by atoms with Crippen LogP contribution in [-0.2, 0) is 0 Å². The van der Waals surface area contributed by atoms with Crippen molar-refractivity contribution < 1.29 is 4.79 Å². The van der Waals surface area contributed by atoms with Crippen molar-refractivity contribution in [2.45, 2.75) is 26.8 Å². The molecule has 0 aliphatic carbocycles. The van der Waals surface area contributed by atoms with E-state index in [9.17, 15) is 4.79 Å². The summed E-state index contributed by atoms with van der Waals surface area (Å²) in [6.07, 6.45) is 1.82. The van der Waals surface area contributed by atoms with E-state index < -0.39 is 0 Å². The molecule has 1 unspecified atom stereocenters. The van der Waals surface area contributed by atoms with Gasteiger partial charge in [0, 0.05) is 43.8 Å². The van der Waals surface area contributed by atoms with Crippen molar-refractivity contribution in [3.63, 3.8) is 0 Å². The third-order valence-corrected chi connectivity index (χ3v) is 4.44. The lowest BCUT2D eigenvalue weighted by Gasteiger charge is -2.35. The molecule has 0 aromatic carbocycles. The minimum Gasteiger partial charge on any atom is -0.345 e. The van der Waals surface area contributed by atoms with Gasteiger partial charge in [-0.1, -0.05) is 13.8 Å². The number of amides is 2. The molecule has 0 radical (unpaired) electrons. The Morgan fingerprint density at radius 2 is 2.00 bits per heavy atom. The summed E-state index contributed by atoms with van der Waals surface area (Å²) >= 11 is 1.65. The van der Waals surface area contributed by atoms with E-state index in [1.165, 1.54) is 0 Å². The van der Waals surface area contributed by atoms with Crippen LogP contribution in [0.15, 0.2) is 11.6 Å². The predicted octanol–water partition coefficient (Wildman–Crippen LogP) is 2.02. The second-order valence-corrected chi connectivity index (χ2v) is 6.14. The van der Waals surface area contributed by atoms with E-state index in [4.69, 9.17) is 0 Å². The summed E-state index contributed by atoms with van der Waals surface area (Å²) < 4.78 is 0. The molecule has 1 aromatic heterocycles. The number of nitrogens with one attached hydrogen (secondary N) is 1.